The first-order chi connectivity index (χ1) is 9.52. The first-order valence-corrected chi connectivity index (χ1v) is 8.10. The number of halogens is 1. The highest BCUT2D eigenvalue weighted by atomic mass is 79.9. The summed E-state index contributed by atoms with van der Waals surface area (Å²) in [5, 5.41) is 3.54. The lowest BCUT2D eigenvalue weighted by atomic mass is 9.85. The Morgan fingerprint density at radius 3 is 2.90 bits per heavy atom. The standard InChI is InChI=1S/C16H23BrN2O/c1-16(2)14-8-18-7-12(14)10-19(16)9-11-6-13(20-3)4-5-15(11)17/h4-6,12,14,18H,7-10H2,1-3H3. The molecule has 0 radical (unpaired) electrons. The van der Waals surface area contributed by atoms with Crippen LogP contribution in [0.3, 0.4) is 0 Å². The number of benzene rings is 1. The zero-order chi connectivity index (χ0) is 14.3. The predicted molar refractivity (Wildman–Crippen MR) is 85.0 cm³/mol. The highest BCUT2D eigenvalue weighted by Crippen LogP contribution is 2.41. The van der Waals surface area contributed by atoms with Crippen molar-refractivity contribution in [3.63, 3.8) is 0 Å². The summed E-state index contributed by atoms with van der Waals surface area (Å²) in [7, 11) is 1.73. The summed E-state index contributed by atoms with van der Waals surface area (Å²) < 4.78 is 6.52. The van der Waals surface area contributed by atoms with E-state index >= 15 is 0 Å². The van der Waals surface area contributed by atoms with Gasteiger partial charge >= 0.3 is 0 Å². The normalized spacial score (nSPS) is 28.6. The lowest BCUT2D eigenvalue weighted by Gasteiger charge is -2.36. The molecule has 2 saturated heterocycles. The van der Waals surface area contributed by atoms with E-state index in [0.29, 0.717) is 0 Å². The third-order valence-corrected chi connectivity index (χ3v) is 5.90. The van der Waals surface area contributed by atoms with Crippen molar-refractivity contribution in [1.29, 1.82) is 0 Å². The fraction of sp³-hybridized carbons (Fsp3) is 0.625. The van der Waals surface area contributed by atoms with Crippen LogP contribution in [0.2, 0.25) is 0 Å². The molecule has 0 aliphatic carbocycles. The van der Waals surface area contributed by atoms with Crippen molar-refractivity contribution in [2.24, 2.45) is 11.8 Å². The van der Waals surface area contributed by atoms with Gasteiger partial charge in [-0.25, -0.2) is 0 Å². The molecule has 1 aromatic rings. The van der Waals surface area contributed by atoms with Gasteiger partial charge in [-0.3, -0.25) is 4.90 Å². The maximum Gasteiger partial charge on any atom is 0.119 e. The number of rotatable bonds is 3. The second-order valence-corrected chi connectivity index (χ2v) is 7.37. The van der Waals surface area contributed by atoms with Gasteiger partial charge in [0.1, 0.15) is 5.75 Å². The van der Waals surface area contributed by atoms with Gasteiger partial charge in [-0.05, 0) is 56.0 Å². The van der Waals surface area contributed by atoms with Gasteiger partial charge in [-0.2, -0.15) is 0 Å². The summed E-state index contributed by atoms with van der Waals surface area (Å²) in [5.74, 6) is 2.50. The third-order valence-electron chi connectivity index (χ3n) is 5.13. The summed E-state index contributed by atoms with van der Waals surface area (Å²) in [6, 6.07) is 6.23. The van der Waals surface area contributed by atoms with Gasteiger partial charge in [-0.15, -0.1) is 0 Å². The second-order valence-electron chi connectivity index (χ2n) is 6.52. The van der Waals surface area contributed by atoms with E-state index in [4.69, 9.17) is 4.74 Å². The summed E-state index contributed by atoms with van der Waals surface area (Å²) in [4.78, 5) is 2.63. The highest BCUT2D eigenvalue weighted by molar-refractivity contribution is 9.10. The van der Waals surface area contributed by atoms with Crippen LogP contribution >= 0.6 is 15.9 Å². The van der Waals surface area contributed by atoms with E-state index in [1.807, 2.05) is 6.07 Å². The molecule has 1 N–H and O–H groups in total. The Labute approximate surface area is 129 Å². The van der Waals surface area contributed by atoms with Crippen molar-refractivity contribution < 1.29 is 4.74 Å². The molecule has 20 heavy (non-hydrogen) atoms. The SMILES string of the molecule is COc1ccc(Br)c(CN2CC3CNCC3C2(C)C)c1. The van der Waals surface area contributed by atoms with Crippen LogP contribution in [0.5, 0.6) is 5.75 Å². The molecule has 2 heterocycles. The molecule has 2 aliphatic rings. The summed E-state index contributed by atoms with van der Waals surface area (Å²) in [5.41, 5.74) is 1.57. The lowest BCUT2D eigenvalue weighted by Crippen LogP contribution is -2.43. The first kappa shape index (κ1) is 14.4. The number of hydrogen-bond donors (Lipinski definition) is 1. The molecular weight excluding hydrogens is 316 g/mol. The van der Waals surface area contributed by atoms with Crippen molar-refractivity contribution in [2.45, 2.75) is 25.9 Å². The number of likely N-dealkylation sites (tertiary alicyclic amines) is 1. The van der Waals surface area contributed by atoms with Crippen LogP contribution in [0.1, 0.15) is 19.4 Å². The molecule has 0 bridgehead atoms. The van der Waals surface area contributed by atoms with E-state index in [-0.39, 0.29) is 5.54 Å². The molecule has 110 valence electrons. The van der Waals surface area contributed by atoms with Crippen LogP contribution in [-0.4, -0.2) is 37.2 Å². The van der Waals surface area contributed by atoms with Crippen molar-refractivity contribution >= 4 is 15.9 Å². The molecule has 0 saturated carbocycles. The largest absolute Gasteiger partial charge is 0.497 e. The van der Waals surface area contributed by atoms with E-state index in [9.17, 15) is 0 Å². The molecule has 0 spiro atoms. The monoisotopic (exact) mass is 338 g/mol. The molecule has 0 aromatic heterocycles. The van der Waals surface area contributed by atoms with Gasteiger partial charge in [-0.1, -0.05) is 15.9 Å². The van der Waals surface area contributed by atoms with E-state index in [1.54, 1.807) is 7.11 Å². The summed E-state index contributed by atoms with van der Waals surface area (Å²) in [6.07, 6.45) is 0. The first-order valence-electron chi connectivity index (χ1n) is 7.30. The van der Waals surface area contributed by atoms with Gasteiger partial charge in [0.05, 0.1) is 7.11 Å². The zero-order valence-electron chi connectivity index (χ0n) is 12.4. The minimum atomic E-state index is 0.261. The van der Waals surface area contributed by atoms with Crippen LogP contribution in [0.15, 0.2) is 22.7 Å². The zero-order valence-corrected chi connectivity index (χ0v) is 14.0. The molecule has 1 aromatic carbocycles. The van der Waals surface area contributed by atoms with Crippen LogP contribution in [0.25, 0.3) is 0 Å². The van der Waals surface area contributed by atoms with E-state index in [1.165, 1.54) is 23.1 Å². The molecule has 4 heteroatoms. The molecule has 2 aliphatic heterocycles. The van der Waals surface area contributed by atoms with E-state index < -0.39 is 0 Å². The fourth-order valence-electron chi connectivity index (χ4n) is 3.78. The van der Waals surface area contributed by atoms with Gasteiger partial charge < -0.3 is 10.1 Å². The molecule has 2 fully saturated rings. The Bertz CT molecular complexity index is 503. The molecule has 2 unspecified atom stereocenters. The van der Waals surface area contributed by atoms with Gasteiger partial charge in [0.15, 0.2) is 0 Å². The fourth-order valence-corrected chi connectivity index (χ4v) is 4.15. The average molecular weight is 339 g/mol. The minimum absolute atomic E-state index is 0.261. The molecule has 0 amide bonds. The lowest BCUT2D eigenvalue weighted by molar-refractivity contribution is 0.131. The molecule has 3 nitrogen and oxygen atoms in total. The van der Waals surface area contributed by atoms with Gasteiger partial charge in [0, 0.05) is 29.6 Å². The van der Waals surface area contributed by atoms with Crippen molar-refractivity contribution in [2.75, 3.05) is 26.7 Å². The average Bonchev–Trinajstić information content (AvgIpc) is 2.96. The molecule has 3 rings (SSSR count). The van der Waals surface area contributed by atoms with Crippen LogP contribution in [-0.2, 0) is 6.54 Å². The van der Waals surface area contributed by atoms with Crippen LogP contribution in [0, 0.1) is 11.8 Å². The number of nitrogens with zero attached hydrogens (tertiary/aromatic N) is 1. The Balaban J connectivity index is 1.81. The Morgan fingerprint density at radius 1 is 1.40 bits per heavy atom. The predicted octanol–water partition coefficient (Wildman–Crippen LogP) is 2.89. The smallest absolute Gasteiger partial charge is 0.119 e. The maximum atomic E-state index is 5.35. The maximum absolute atomic E-state index is 5.35. The third kappa shape index (κ3) is 2.38. The Hall–Kier alpha value is -0.580. The van der Waals surface area contributed by atoms with Crippen molar-refractivity contribution in [3.05, 3.63) is 28.2 Å². The van der Waals surface area contributed by atoms with Crippen molar-refractivity contribution in [3.8, 4) is 5.75 Å². The number of hydrogen-bond acceptors (Lipinski definition) is 3. The number of nitrogens with one attached hydrogen (secondary N) is 1. The van der Waals surface area contributed by atoms with E-state index in [2.05, 4.69) is 52.1 Å². The molecule has 2 atom stereocenters. The van der Waals surface area contributed by atoms with Crippen LogP contribution < -0.4 is 10.1 Å². The number of methoxy groups -OCH3 is 1. The highest BCUT2D eigenvalue weighted by Gasteiger charge is 2.49. The Kier molecular flexibility index (Phi) is 3.82. The van der Waals surface area contributed by atoms with E-state index in [0.717, 1.165) is 30.7 Å². The topological polar surface area (TPSA) is 24.5 Å². The Morgan fingerprint density at radius 2 is 2.20 bits per heavy atom. The molecular formula is C16H23BrN2O. The quantitative estimate of drug-likeness (QED) is 0.917. The van der Waals surface area contributed by atoms with Crippen molar-refractivity contribution in [1.82, 2.24) is 10.2 Å². The van der Waals surface area contributed by atoms with Gasteiger partial charge in [0.2, 0.25) is 0 Å². The summed E-state index contributed by atoms with van der Waals surface area (Å²) in [6.45, 7) is 9.28. The number of fused-ring (bicyclic) bond motifs is 1. The van der Waals surface area contributed by atoms with Crippen LogP contribution in [0.4, 0.5) is 0 Å². The number of ether oxygens (including phenoxy) is 1. The van der Waals surface area contributed by atoms with Gasteiger partial charge in [0.25, 0.3) is 0 Å². The summed E-state index contributed by atoms with van der Waals surface area (Å²) >= 11 is 3.67. The second kappa shape index (κ2) is 5.32. The minimum Gasteiger partial charge on any atom is -0.497 e.